The van der Waals surface area contributed by atoms with Gasteiger partial charge in [0.15, 0.2) is 0 Å². The van der Waals surface area contributed by atoms with E-state index in [1.165, 1.54) is 0 Å². The summed E-state index contributed by atoms with van der Waals surface area (Å²) in [7, 11) is 2.01. The van der Waals surface area contributed by atoms with Crippen molar-refractivity contribution >= 4 is 27.8 Å². The number of piperidine rings is 1. The number of carbonyl (C=O) groups excluding carboxylic acids is 1. The van der Waals surface area contributed by atoms with E-state index in [9.17, 15) is 9.59 Å². The molecule has 6 nitrogen and oxygen atoms in total. The number of carbonyl (C=O) groups is 1. The van der Waals surface area contributed by atoms with Gasteiger partial charge in [-0.2, -0.15) is 0 Å². The van der Waals surface area contributed by atoms with E-state index in [-0.39, 0.29) is 17.6 Å². The zero-order valence-corrected chi connectivity index (χ0v) is 16.5. The van der Waals surface area contributed by atoms with Gasteiger partial charge in [-0.25, -0.2) is 4.79 Å². The maximum Gasteiger partial charge on any atom is 0.326 e. The fraction of sp³-hybridized carbons (Fsp3) is 0.304. The summed E-state index contributed by atoms with van der Waals surface area (Å²) in [5, 5.41) is 1.13. The average molecular weight is 388 g/mol. The predicted octanol–water partition coefficient (Wildman–Crippen LogP) is 3.23. The second-order valence-electron chi connectivity index (χ2n) is 7.91. The first-order valence-electron chi connectivity index (χ1n) is 10.1. The number of likely N-dealkylation sites (tertiary alicyclic amines) is 1. The smallest absolute Gasteiger partial charge is 0.326 e. The van der Waals surface area contributed by atoms with E-state index < -0.39 is 0 Å². The van der Waals surface area contributed by atoms with Crippen LogP contribution in [0.5, 0.6) is 0 Å². The molecule has 1 saturated heterocycles. The minimum absolute atomic E-state index is 0.00358. The third-order valence-corrected chi connectivity index (χ3v) is 6.06. The Morgan fingerprint density at radius 2 is 1.86 bits per heavy atom. The van der Waals surface area contributed by atoms with Crippen molar-refractivity contribution in [1.82, 2.24) is 19.0 Å². The van der Waals surface area contributed by atoms with E-state index in [1.54, 1.807) is 0 Å². The molecule has 2 aromatic carbocycles. The molecule has 1 atom stereocenters. The molecule has 6 heteroatoms. The third-order valence-electron chi connectivity index (χ3n) is 6.06. The topological polar surface area (TPSA) is 63.0 Å². The van der Waals surface area contributed by atoms with Crippen LogP contribution in [0.25, 0.3) is 21.9 Å². The molecule has 0 bridgehead atoms. The van der Waals surface area contributed by atoms with Crippen molar-refractivity contribution in [2.75, 3.05) is 13.1 Å². The largest absolute Gasteiger partial charge is 0.350 e. The Kier molecular flexibility index (Phi) is 4.27. The highest BCUT2D eigenvalue weighted by Gasteiger charge is 2.27. The predicted molar refractivity (Wildman–Crippen MR) is 114 cm³/mol. The Balaban J connectivity index is 1.40. The number of fused-ring (bicyclic) bond motifs is 2. The number of aryl methyl sites for hydroxylation is 1. The van der Waals surface area contributed by atoms with E-state index in [0.29, 0.717) is 13.0 Å². The van der Waals surface area contributed by atoms with Crippen molar-refractivity contribution in [3.05, 3.63) is 70.8 Å². The molecule has 29 heavy (non-hydrogen) atoms. The summed E-state index contributed by atoms with van der Waals surface area (Å²) >= 11 is 0. The molecule has 1 N–H and O–H groups in total. The Labute approximate surface area is 168 Å². The van der Waals surface area contributed by atoms with Crippen LogP contribution < -0.4 is 5.69 Å². The molecule has 0 unspecified atom stereocenters. The van der Waals surface area contributed by atoms with E-state index in [4.69, 9.17) is 0 Å². The number of nitrogens with zero attached hydrogens (tertiary/aromatic N) is 3. The SMILES string of the molecule is Cn1cc(CC(=O)N2CCC[C@H](n3c(=O)[nH]c4ccccc43)C2)c2ccccc21. The van der Waals surface area contributed by atoms with Crippen molar-refractivity contribution < 1.29 is 4.79 Å². The molecule has 148 valence electrons. The zero-order chi connectivity index (χ0) is 20.0. The van der Waals surface area contributed by atoms with Crippen molar-refractivity contribution in [2.24, 2.45) is 7.05 Å². The van der Waals surface area contributed by atoms with Crippen LogP contribution in [0.3, 0.4) is 0 Å². The highest BCUT2D eigenvalue weighted by Crippen LogP contribution is 2.26. The summed E-state index contributed by atoms with van der Waals surface area (Å²) in [6.07, 6.45) is 4.24. The lowest BCUT2D eigenvalue weighted by molar-refractivity contribution is -0.132. The maximum absolute atomic E-state index is 13.1. The van der Waals surface area contributed by atoms with Gasteiger partial charge < -0.3 is 14.5 Å². The Bertz CT molecular complexity index is 1260. The van der Waals surface area contributed by atoms with Gasteiger partial charge >= 0.3 is 5.69 Å². The van der Waals surface area contributed by atoms with Gasteiger partial charge in [-0.15, -0.1) is 0 Å². The summed E-state index contributed by atoms with van der Waals surface area (Å²) in [6, 6.07) is 15.9. The summed E-state index contributed by atoms with van der Waals surface area (Å²) in [5.74, 6) is 0.124. The molecular formula is C23H24N4O2. The van der Waals surface area contributed by atoms with E-state index in [1.807, 2.05) is 59.1 Å². The number of aromatic nitrogens is 3. The van der Waals surface area contributed by atoms with E-state index in [2.05, 4.69) is 21.7 Å². The lowest BCUT2D eigenvalue weighted by Crippen LogP contribution is -2.43. The Morgan fingerprint density at radius 1 is 1.10 bits per heavy atom. The Hall–Kier alpha value is -3.28. The van der Waals surface area contributed by atoms with Gasteiger partial charge in [0.05, 0.1) is 23.5 Å². The molecule has 1 aliphatic rings. The summed E-state index contributed by atoms with van der Waals surface area (Å²) in [4.78, 5) is 30.5. The number of nitrogens with one attached hydrogen (secondary N) is 1. The van der Waals surface area contributed by atoms with Crippen LogP contribution in [-0.2, 0) is 18.3 Å². The molecule has 0 spiro atoms. The molecule has 5 rings (SSSR count). The van der Waals surface area contributed by atoms with E-state index in [0.717, 1.165) is 46.9 Å². The highest BCUT2D eigenvalue weighted by atomic mass is 16.2. The molecule has 1 amide bonds. The number of rotatable bonds is 3. The lowest BCUT2D eigenvalue weighted by atomic mass is 10.0. The molecule has 0 radical (unpaired) electrons. The second-order valence-corrected chi connectivity index (χ2v) is 7.91. The van der Waals surface area contributed by atoms with Crippen molar-refractivity contribution in [3.63, 3.8) is 0 Å². The number of para-hydroxylation sites is 3. The fourth-order valence-electron chi connectivity index (χ4n) is 4.67. The number of benzene rings is 2. The summed E-state index contributed by atoms with van der Waals surface area (Å²) in [5.41, 5.74) is 3.85. The minimum Gasteiger partial charge on any atom is -0.350 e. The molecule has 3 heterocycles. The minimum atomic E-state index is -0.0976. The van der Waals surface area contributed by atoms with Crippen LogP contribution >= 0.6 is 0 Å². The van der Waals surface area contributed by atoms with Gasteiger partial charge in [0.25, 0.3) is 0 Å². The number of H-pyrrole nitrogens is 1. The fourth-order valence-corrected chi connectivity index (χ4v) is 4.67. The van der Waals surface area contributed by atoms with Crippen molar-refractivity contribution in [1.29, 1.82) is 0 Å². The zero-order valence-electron chi connectivity index (χ0n) is 16.5. The number of imidazole rings is 1. The monoisotopic (exact) mass is 388 g/mol. The number of hydrogen-bond donors (Lipinski definition) is 1. The van der Waals surface area contributed by atoms with Crippen LogP contribution in [0.1, 0.15) is 24.4 Å². The first kappa shape index (κ1) is 17.8. The highest BCUT2D eigenvalue weighted by molar-refractivity contribution is 5.89. The maximum atomic E-state index is 13.1. The third kappa shape index (κ3) is 3.05. The van der Waals surface area contributed by atoms with Crippen molar-refractivity contribution in [3.8, 4) is 0 Å². The second kappa shape index (κ2) is 6.95. The molecule has 0 aliphatic carbocycles. The number of hydrogen-bond acceptors (Lipinski definition) is 2. The van der Waals surface area contributed by atoms with Crippen molar-refractivity contribution in [2.45, 2.75) is 25.3 Å². The van der Waals surface area contributed by atoms with Gasteiger partial charge in [-0.05, 0) is 36.6 Å². The molecule has 1 aliphatic heterocycles. The lowest BCUT2D eigenvalue weighted by Gasteiger charge is -2.33. The van der Waals surface area contributed by atoms with Gasteiger partial charge in [0, 0.05) is 37.2 Å². The molecule has 0 saturated carbocycles. The van der Waals surface area contributed by atoms with Crippen LogP contribution in [0.2, 0.25) is 0 Å². The summed E-state index contributed by atoms with van der Waals surface area (Å²) < 4.78 is 3.90. The number of aromatic amines is 1. The van der Waals surface area contributed by atoms with Gasteiger partial charge in [0.2, 0.25) is 5.91 Å². The summed E-state index contributed by atoms with van der Waals surface area (Å²) in [6.45, 7) is 1.32. The molecule has 2 aromatic heterocycles. The van der Waals surface area contributed by atoms with Gasteiger partial charge in [-0.1, -0.05) is 30.3 Å². The van der Waals surface area contributed by atoms with Crippen LogP contribution in [0.4, 0.5) is 0 Å². The number of amides is 1. The van der Waals surface area contributed by atoms with Crippen LogP contribution in [-0.4, -0.2) is 38.0 Å². The van der Waals surface area contributed by atoms with Crippen LogP contribution in [0, 0.1) is 0 Å². The standard InChI is InChI=1S/C23H24N4O2/c1-25-14-16(18-8-2-4-10-20(18)25)13-22(28)26-12-6-7-17(15-26)27-21-11-5-3-9-19(21)24-23(27)29/h2-5,8-11,14,17H,6-7,12-13,15H2,1H3,(H,24,29)/t17-/m0/s1. The average Bonchev–Trinajstić information content (AvgIpc) is 3.24. The first-order chi connectivity index (χ1) is 14.1. The first-order valence-corrected chi connectivity index (χ1v) is 10.1. The van der Waals surface area contributed by atoms with Crippen LogP contribution in [0.15, 0.2) is 59.5 Å². The normalized spacial score (nSPS) is 17.3. The quantitative estimate of drug-likeness (QED) is 0.586. The molecule has 1 fully saturated rings. The van der Waals surface area contributed by atoms with Gasteiger partial charge in [0.1, 0.15) is 0 Å². The molecule has 4 aromatic rings. The Morgan fingerprint density at radius 3 is 2.72 bits per heavy atom. The van der Waals surface area contributed by atoms with E-state index >= 15 is 0 Å². The van der Waals surface area contributed by atoms with Gasteiger partial charge in [-0.3, -0.25) is 9.36 Å². The molecular weight excluding hydrogens is 364 g/mol.